The maximum atomic E-state index is 12.2. The van der Waals surface area contributed by atoms with Crippen molar-refractivity contribution >= 4 is 17.7 Å². The van der Waals surface area contributed by atoms with Crippen molar-refractivity contribution < 1.29 is 9.53 Å². The number of hydrogen-bond acceptors (Lipinski definition) is 5. The molecule has 0 aliphatic carbocycles. The van der Waals surface area contributed by atoms with E-state index in [1.165, 1.54) is 11.8 Å². The monoisotopic (exact) mass is 364 g/mol. The highest BCUT2D eigenvalue weighted by atomic mass is 32.2. The van der Waals surface area contributed by atoms with E-state index in [0.717, 1.165) is 24.2 Å². The first-order chi connectivity index (χ1) is 12.0. The van der Waals surface area contributed by atoms with E-state index in [2.05, 4.69) is 15.5 Å². The number of H-pyrrole nitrogens is 1. The third-order valence-corrected chi connectivity index (χ3v) is 4.78. The molecule has 0 bridgehead atoms. The number of nitrogens with zero attached hydrogens (tertiary/aromatic N) is 2. The van der Waals surface area contributed by atoms with Crippen molar-refractivity contribution in [2.45, 2.75) is 43.6 Å². The SMILES string of the molecule is CCCn1c(S[C@H](C)C(=O)NCCc2ccc(OC)cc2)n[nH]c1=O. The third-order valence-electron chi connectivity index (χ3n) is 3.69. The Hall–Kier alpha value is -2.22. The number of carbonyl (C=O) groups excluding carboxylic acids is 1. The zero-order valence-corrected chi connectivity index (χ0v) is 15.6. The number of hydrogen-bond donors (Lipinski definition) is 2. The predicted molar refractivity (Wildman–Crippen MR) is 98.2 cm³/mol. The Kier molecular flexibility index (Phi) is 7.12. The van der Waals surface area contributed by atoms with Gasteiger partial charge in [0.1, 0.15) is 5.75 Å². The van der Waals surface area contributed by atoms with Gasteiger partial charge in [-0.3, -0.25) is 9.36 Å². The number of aromatic amines is 1. The molecule has 2 aromatic rings. The van der Waals surface area contributed by atoms with Crippen molar-refractivity contribution in [1.82, 2.24) is 20.1 Å². The van der Waals surface area contributed by atoms with E-state index in [0.29, 0.717) is 18.2 Å². The van der Waals surface area contributed by atoms with E-state index >= 15 is 0 Å². The molecule has 0 aliphatic heterocycles. The number of ether oxygens (including phenoxy) is 1. The van der Waals surface area contributed by atoms with E-state index in [1.54, 1.807) is 11.7 Å². The standard InChI is InChI=1S/C17H24N4O3S/c1-4-11-21-16(23)19-20-17(21)25-12(2)15(22)18-10-9-13-5-7-14(24-3)8-6-13/h5-8,12H,4,9-11H2,1-3H3,(H,18,22)(H,19,23)/t12-/m1/s1. The number of thioether (sulfide) groups is 1. The summed E-state index contributed by atoms with van der Waals surface area (Å²) in [5, 5.41) is 9.57. The highest BCUT2D eigenvalue weighted by Crippen LogP contribution is 2.20. The van der Waals surface area contributed by atoms with Crippen molar-refractivity contribution in [3.8, 4) is 5.75 Å². The molecule has 0 radical (unpaired) electrons. The third kappa shape index (κ3) is 5.38. The van der Waals surface area contributed by atoms with Crippen LogP contribution in [-0.4, -0.2) is 39.6 Å². The maximum absolute atomic E-state index is 12.2. The van der Waals surface area contributed by atoms with Crippen molar-refractivity contribution in [3.63, 3.8) is 0 Å². The Morgan fingerprint density at radius 1 is 1.40 bits per heavy atom. The van der Waals surface area contributed by atoms with Gasteiger partial charge >= 0.3 is 5.69 Å². The highest BCUT2D eigenvalue weighted by molar-refractivity contribution is 8.00. The molecule has 1 amide bonds. The summed E-state index contributed by atoms with van der Waals surface area (Å²) in [6.45, 7) is 4.94. The van der Waals surface area contributed by atoms with E-state index in [9.17, 15) is 9.59 Å². The van der Waals surface area contributed by atoms with Gasteiger partial charge in [-0.05, 0) is 37.5 Å². The van der Waals surface area contributed by atoms with Crippen LogP contribution in [0.15, 0.2) is 34.2 Å². The summed E-state index contributed by atoms with van der Waals surface area (Å²) in [7, 11) is 1.63. The lowest BCUT2D eigenvalue weighted by Crippen LogP contribution is -2.32. The van der Waals surface area contributed by atoms with Gasteiger partial charge < -0.3 is 10.1 Å². The smallest absolute Gasteiger partial charge is 0.343 e. The molecule has 0 fully saturated rings. The van der Waals surface area contributed by atoms with E-state index in [-0.39, 0.29) is 16.8 Å². The van der Waals surface area contributed by atoms with Gasteiger partial charge in [-0.25, -0.2) is 9.89 Å². The number of benzene rings is 1. The minimum atomic E-state index is -0.332. The summed E-state index contributed by atoms with van der Waals surface area (Å²) >= 11 is 1.28. The van der Waals surface area contributed by atoms with Crippen LogP contribution in [-0.2, 0) is 17.8 Å². The van der Waals surface area contributed by atoms with Gasteiger partial charge in [-0.2, -0.15) is 0 Å². The van der Waals surface area contributed by atoms with Crippen LogP contribution in [0.4, 0.5) is 0 Å². The molecule has 0 saturated heterocycles. The van der Waals surface area contributed by atoms with E-state index in [4.69, 9.17) is 4.74 Å². The van der Waals surface area contributed by atoms with Crippen molar-refractivity contribution in [1.29, 1.82) is 0 Å². The van der Waals surface area contributed by atoms with Crippen molar-refractivity contribution in [2.24, 2.45) is 0 Å². The van der Waals surface area contributed by atoms with Gasteiger partial charge in [-0.15, -0.1) is 5.10 Å². The summed E-state index contributed by atoms with van der Waals surface area (Å²) < 4.78 is 6.68. The summed E-state index contributed by atoms with van der Waals surface area (Å²) in [4.78, 5) is 23.9. The number of amides is 1. The van der Waals surface area contributed by atoms with Gasteiger partial charge in [0.15, 0.2) is 5.16 Å². The second-order valence-electron chi connectivity index (χ2n) is 5.61. The predicted octanol–water partition coefficient (Wildman–Crippen LogP) is 1.83. The molecule has 0 saturated carbocycles. The quantitative estimate of drug-likeness (QED) is 0.663. The Morgan fingerprint density at radius 2 is 2.12 bits per heavy atom. The van der Waals surface area contributed by atoms with E-state index in [1.807, 2.05) is 38.1 Å². The van der Waals surface area contributed by atoms with Crippen LogP contribution in [0.1, 0.15) is 25.8 Å². The normalized spacial score (nSPS) is 12.0. The molecule has 1 heterocycles. The molecule has 2 N–H and O–H groups in total. The largest absolute Gasteiger partial charge is 0.497 e. The second kappa shape index (κ2) is 9.31. The number of rotatable bonds is 9. The topological polar surface area (TPSA) is 89.0 Å². The average molecular weight is 364 g/mol. The van der Waals surface area contributed by atoms with E-state index < -0.39 is 0 Å². The lowest BCUT2D eigenvalue weighted by Gasteiger charge is -2.12. The summed E-state index contributed by atoms with van der Waals surface area (Å²) in [6, 6.07) is 7.77. The Morgan fingerprint density at radius 3 is 2.76 bits per heavy atom. The van der Waals surface area contributed by atoms with Gasteiger partial charge in [0.05, 0.1) is 12.4 Å². The fraction of sp³-hybridized carbons (Fsp3) is 0.471. The minimum Gasteiger partial charge on any atom is -0.497 e. The molecule has 0 aliphatic rings. The van der Waals surface area contributed by atoms with Gasteiger partial charge in [0.2, 0.25) is 5.91 Å². The van der Waals surface area contributed by atoms with Gasteiger partial charge in [0.25, 0.3) is 0 Å². The van der Waals surface area contributed by atoms with Crippen LogP contribution >= 0.6 is 11.8 Å². The first-order valence-corrected chi connectivity index (χ1v) is 9.15. The Labute approximate surface area is 151 Å². The van der Waals surface area contributed by atoms with Crippen LogP contribution in [0.25, 0.3) is 0 Å². The summed E-state index contributed by atoms with van der Waals surface area (Å²) in [5.74, 6) is 0.743. The molecule has 0 unspecified atom stereocenters. The van der Waals surface area contributed by atoms with Crippen LogP contribution in [0.2, 0.25) is 0 Å². The minimum absolute atomic E-state index is 0.0722. The first kappa shape index (κ1) is 19.1. The molecule has 1 aromatic heterocycles. The molecule has 1 aromatic carbocycles. The summed E-state index contributed by atoms with van der Waals surface area (Å²) in [6.07, 6.45) is 1.57. The molecule has 8 heteroatoms. The first-order valence-electron chi connectivity index (χ1n) is 8.27. The number of nitrogens with one attached hydrogen (secondary N) is 2. The van der Waals surface area contributed by atoms with Crippen LogP contribution in [0.5, 0.6) is 5.75 Å². The maximum Gasteiger partial charge on any atom is 0.343 e. The fourth-order valence-electron chi connectivity index (χ4n) is 2.29. The van der Waals surface area contributed by atoms with Crippen LogP contribution in [0, 0.1) is 0 Å². The molecule has 2 rings (SSSR count). The molecule has 136 valence electrons. The molecular weight excluding hydrogens is 340 g/mol. The number of methoxy groups -OCH3 is 1. The fourth-order valence-corrected chi connectivity index (χ4v) is 3.20. The molecule has 0 spiro atoms. The Balaban J connectivity index is 1.82. The average Bonchev–Trinajstić information content (AvgIpc) is 2.96. The zero-order valence-electron chi connectivity index (χ0n) is 14.7. The molecule has 1 atom stereocenters. The van der Waals surface area contributed by atoms with Crippen molar-refractivity contribution in [2.75, 3.05) is 13.7 Å². The van der Waals surface area contributed by atoms with Crippen LogP contribution in [0.3, 0.4) is 0 Å². The van der Waals surface area contributed by atoms with Crippen LogP contribution < -0.4 is 15.7 Å². The molecule has 7 nitrogen and oxygen atoms in total. The summed E-state index contributed by atoms with van der Waals surface area (Å²) in [5.41, 5.74) is 0.891. The Bertz CT molecular complexity index is 739. The van der Waals surface area contributed by atoms with Gasteiger partial charge in [0, 0.05) is 13.1 Å². The zero-order chi connectivity index (χ0) is 18.2. The van der Waals surface area contributed by atoms with Gasteiger partial charge in [-0.1, -0.05) is 30.8 Å². The molecular formula is C17H24N4O3S. The molecule has 25 heavy (non-hydrogen) atoms. The number of carbonyl (C=O) groups is 1. The highest BCUT2D eigenvalue weighted by Gasteiger charge is 2.18. The number of aromatic nitrogens is 3. The second-order valence-corrected chi connectivity index (χ2v) is 6.92. The lowest BCUT2D eigenvalue weighted by atomic mass is 10.1. The van der Waals surface area contributed by atoms with Crippen molar-refractivity contribution in [3.05, 3.63) is 40.3 Å². The lowest BCUT2D eigenvalue weighted by molar-refractivity contribution is -0.120.